The van der Waals surface area contributed by atoms with Crippen LogP contribution in [0.15, 0.2) is 17.0 Å². The zero-order valence-electron chi connectivity index (χ0n) is 18.0. The van der Waals surface area contributed by atoms with Crippen LogP contribution >= 0.6 is 0 Å². The highest BCUT2D eigenvalue weighted by Crippen LogP contribution is 2.28. The van der Waals surface area contributed by atoms with E-state index < -0.39 is 40.3 Å². The second-order valence-electron chi connectivity index (χ2n) is 8.04. The van der Waals surface area contributed by atoms with Crippen LogP contribution in [0.25, 0.3) is 0 Å². The van der Waals surface area contributed by atoms with Crippen LogP contribution in [0, 0.1) is 13.8 Å². The van der Waals surface area contributed by atoms with Gasteiger partial charge in [0.05, 0.1) is 4.90 Å². The molecule has 10 nitrogen and oxygen atoms in total. The third-order valence-corrected chi connectivity index (χ3v) is 7.56. The van der Waals surface area contributed by atoms with Gasteiger partial charge in [-0.3, -0.25) is 19.3 Å². The maximum absolute atomic E-state index is 12.6. The normalized spacial score (nSPS) is 17.9. The maximum Gasteiger partial charge on any atom is 0.334 e. The SMILES string of the molecule is Cc1cc(S(=O)(=O)N(C)C)cc(NC(=O)CN2C(=O)C(=O)N(C3CCCC3)C2=O)c1C. The Bertz CT molecular complexity index is 1060. The fourth-order valence-electron chi connectivity index (χ4n) is 3.80. The van der Waals surface area contributed by atoms with Gasteiger partial charge in [-0.1, -0.05) is 12.8 Å². The second kappa shape index (κ2) is 8.39. The average molecular weight is 451 g/mol. The standard InChI is InChI=1S/C20H26N4O6S/c1-12-9-15(31(29,30)22(3)4)10-16(13(12)2)21-17(25)11-23-18(26)19(27)24(20(23)28)14-7-5-6-8-14/h9-10,14H,5-8,11H2,1-4H3,(H,21,25). The molecule has 1 aliphatic heterocycles. The Morgan fingerprint density at radius 2 is 1.71 bits per heavy atom. The molecule has 1 aromatic carbocycles. The van der Waals surface area contributed by atoms with Crippen molar-refractivity contribution < 1.29 is 27.6 Å². The van der Waals surface area contributed by atoms with E-state index >= 15 is 0 Å². The number of sulfonamides is 1. The number of aryl methyl sites for hydroxylation is 1. The predicted octanol–water partition coefficient (Wildman–Crippen LogP) is 1.23. The lowest BCUT2D eigenvalue weighted by atomic mass is 10.1. The molecule has 1 saturated carbocycles. The summed E-state index contributed by atoms with van der Waals surface area (Å²) in [5.74, 6) is -2.63. The van der Waals surface area contributed by atoms with Gasteiger partial charge in [0.25, 0.3) is 0 Å². The molecule has 2 fully saturated rings. The number of nitrogens with zero attached hydrogens (tertiary/aromatic N) is 3. The number of hydrogen-bond donors (Lipinski definition) is 1. The molecule has 3 rings (SSSR count). The number of urea groups is 1. The fraction of sp³-hybridized carbons (Fsp3) is 0.500. The van der Waals surface area contributed by atoms with E-state index in [0.29, 0.717) is 28.9 Å². The van der Waals surface area contributed by atoms with Gasteiger partial charge >= 0.3 is 17.8 Å². The molecule has 1 saturated heterocycles. The molecule has 0 spiro atoms. The van der Waals surface area contributed by atoms with Crippen LogP contribution in [0.2, 0.25) is 0 Å². The van der Waals surface area contributed by atoms with E-state index in [1.54, 1.807) is 13.8 Å². The van der Waals surface area contributed by atoms with Gasteiger partial charge < -0.3 is 5.32 Å². The Morgan fingerprint density at radius 1 is 1.10 bits per heavy atom. The number of carbonyl (C=O) groups excluding carboxylic acids is 4. The molecule has 0 atom stereocenters. The lowest BCUT2D eigenvalue weighted by Crippen LogP contribution is -2.41. The van der Waals surface area contributed by atoms with Crippen molar-refractivity contribution in [3.05, 3.63) is 23.3 Å². The highest BCUT2D eigenvalue weighted by molar-refractivity contribution is 7.89. The van der Waals surface area contributed by atoms with E-state index in [1.165, 1.54) is 26.2 Å². The first-order valence-corrected chi connectivity index (χ1v) is 11.4. The van der Waals surface area contributed by atoms with Crippen molar-refractivity contribution in [3.63, 3.8) is 0 Å². The quantitative estimate of drug-likeness (QED) is 0.513. The van der Waals surface area contributed by atoms with Gasteiger partial charge in [-0.25, -0.2) is 22.4 Å². The van der Waals surface area contributed by atoms with Crippen LogP contribution in [0.4, 0.5) is 10.5 Å². The third kappa shape index (κ3) is 4.19. The van der Waals surface area contributed by atoms with Gasteiger partial charge in [-0.2, -0.15) is 0 Å². The number of rotatable bonds is 6. The third-order valence-electron chi connectivity index (χ3n) is 5.77. The number of benzene rings is 1. The van der Waals surface area contributed by atoms with E-state index in [0.717, 1.165) is 22.0 Å². The summed E-state index contributed by atoms with van der Waals surface area (Å²) in [4.78, 5) is 51.4. The summed E-state index contributed by atoms with van der Waals surface area (Å²) < 4.78 is 26.0. The lowest BCUT2D eigenvalue weighted by molar-refractivity contribution is -0.144. The summed E-state index contributed by atoms with van der Waals surface area (Å²) in [6.45, 7) is 2.80. The topological polar surface area (TPSA) is 124 Å². The number of imide groups is 2. The van der Waals surface area contributed by atoms with E-state index in [2.05, 4.69) is 5.32 Å². The summed E-state index contributed by atoms with van der Waals surface area (Å²) in [7, 11) is -0.920. The zero-order chi connectivity index (χ0) is 23.1. The van der Waals surface area contributed by atoms with Crippen LogP contribution in [0.1, 0.15) is 36.8 Å². The summed E-state index contributed by atoms with van der Waals surface area (Å²) in [6, 6.07) is 1.74. The highest BCUT2D eigenvalue weighted by atomic mass is 32.2. The molecule has 1 aliphatic carbocycles. The molecular weight excluding hydrogens is 424 g/mol. The van der Waals surface area contributed by atoms with Crippen molar-refractivity contribution >= 4 is 39.5 Å². The summed E-state index contributed by atoms with van der Waals surface area (Å²) in [5, 5.41) is 2.57. The Hall–Kier alpha value is -2.79. The molecule has 168 valence electrons. The average Bonchev–Trinajstić information content (AvgIpc) is 3.28. The van der Waals surface area contributed by atoms with Gasteiger partial charge in [-0.05, 0) is 49.9 Å². The highest BCUT2D eigenvalue weighted by Gasteiger charge is 2.48. The van der Waals surface area contributed by atoms with Crippen molar-refractivity contribution in [1.82, 2.24) is 14.1 Å². The molecule has 1 N–H and O–H groups in total. The summed E-state index contributed by atoms with van der Waals surface area (Å²) >= 11 is 0. The van der Waals surface area contributed by atoms with Crippen LogP contribution in [-0.2, 0) is 24.4 Å². The molecule has 0 radical (unpaired) electrons. The minimum Gasteiger partial charge on any atom is -0.324 e. The molecule has 0 aromatic heterocycles. The Balaban J connectivity index is 1.79. The lowest BCUT2D eigenvalue weighted by Gasteiger charge is -2.21. The summed E-state index contributed by atoms with van der Waals surface area (Å²) in [5.41, 5.74) is 1.55. The summed E-state index contributed by atoms with van der Waals surface area (Å²) in [6.07, 6.45) is 3.05. The van der Waals surface area contributed by atoms with Crippen LogP contribution in [-0.4, -0.2) is 73.0 Å². The second-order valence-corrected chi connectivity index (χ2v) is 10.2. The minimum absolute atomic E-state index is 0.00631. The number of carbonyl (C=O) groups is 4. The Kier molecular flexibility index (Phi) is 6.19. The number of amides is 5. The monoisotopic (exact) mass is 450 g/mol. The zero-order valence-corrected chi connectivity index (χ0v) is 18.8. The minimum atomic E-state index is -3.73. The molecular formula is C20H26N4O6S. The van der Waals surface area contributed by atoms with E-state index in [4.69, 9.17) is 0 Å². The maximum atomic E-state index is 12.6. The van der Waals surface area contributed by atoms with E-state index in [9.17, 15) is 27.6 Å². The Morgan fingerprint density at radius 3 is 2.29 bits per heavy atom. The largest absolute Gasteiger partial charge is 0.334 e. The van der Waals surface area contributed by atoms with Crippen LogP contribution in [0.3, 0.4) is 0 Å². The number of nitrogens with one attached hydrogen (secondary N) is 1. The molecule has 5 amide bonds. The molecule has 11 heteroatoms. The van der Waals surface area contributed by atoms with Crippen molar-refractivity contribution in [1.29, 1.82) is 0 Å². The van der Waals surface area contributed by atoms with Gasteiger partial charge in [-0.15, -0.1) is 0 Å². The molecule has 1 heterocycles. The molecule has 2 aliphatic rings. The van der Waals surface area contributed by atoms with Crippen molar-refractivity contribution in [3.8, 4) is 0 Å². The molecule has 0 bridgehead atoms. The van der Waals surface area contributed by atoms with Crippen molar-refractivity contribution in [2.75, 3.05) is 26.0 Å². The molecule has 1 aromatic rings. The molecule has 31 heavy (non-hydrogen) atoms. The van der Waals surface area contributed by atoms with Crippen molar-refractivity contribution in [2.24, 2.45) is 0 Å². The van der Waals surface area contributed by atoms with E-state index in [1.807, 2.05) is 0 Å². The molecule has 0 unspecified atom stereocenters. The van der Waals surface area contributed by atoms with Crippen LogP contribution < -0.4 is 5.32 Å². The van der Waals surface area contributed by atoms with Crippen LogP contribution in [0.5, 0.6) is 0 Å². The predicted molar refractivity (Wildman–Crippen MR) is 112 cm³/mol. The van der Waals surface area contributed by atoms with Gasteiger partial charge in [0, 0.05) is 25.8 Å². The van der Waals surface area contributed by atoms with Gasteiger partial charge in [0.2, 0.25) is 15.9 Å². The van der Waals surface area contributed by atoms with E-state index in [-0.39, 0.29) is 16.6 Å². The number of anilines is 1. The smallest absolute Gasteiger partial charge is 0.324 e. The first-order chi connectivity index (χ1) is 14.4. The van der Waals surface area contributed by atoms with Gasteiger partial charge in [0.1, 0.15) is 6.54 Å². The fourth-order valence-corrected chi connectivity index (χ4v) is 4.81. The van der Waals surface area contributed by atoms with Crippen molar-refractivity contribution in [2.45, 2.75) is 50.5 Å². The van der Waals surface area contributed by atoms with Gasteiger partial charge in [0.15, 0.2) is 0 Å². The first kappa shape index (κ1) is 22.9. The number of hydrogen-bond acceptors (Lipinski definition) is 6. The first-order valence-electron chi connectivity index (χ1n) is 9.97. The Labute approximate surface area is 181 Å².